The van der Waals surface area contributed by atoms with Crippen LogP contribution in [0.25, 0.3) is 16.8 Å². The molecule has 4 aromatic rings. The van der Waals surface area contributed by atoms with Crippen molar-refractivity contribution in [3.63, 3.8) is 0 Å². The number of aromatic nitrogens is 3. The second kappa shape index (κ2) is 7.82. The fourth-order valence-electron chi connectivity index (χ4n) is 3.63. The van der Waals surface area contributed by atoms with E-state index < -0.39 is 10.0 Å². The van der Waals surface area contributed by atoms with Crippen molar-refractivity contribution >= 4 is 15.7 Å². The summed E-state index contributed by atoms with van der Waals surface area (Å²) in [5.41, 5.74) is 4.74. The first-order valence-electron chi connectivity index (χ1n) is 9.76. The Morgan fingerprint density at radius 2 is 1.87 bits per heavy atom. The number of nitrogens with one attached hydrogen (secondary N) is 1. The molecule has 31 heavy (non-hydrogen) atoms. The molecule has 0 atom stereocenters. The van der Waals surface area contributed by atoms with Gasteiger partial charge in [0.05, 0.1) is 19.3 Å². The fraction of sp³-hybridized carbons (Fsp3) is 0.273. The molecule has 0 aliphatic rings. The lowest BCUT2D eigenvalue weighted by Crippen LogP contribution is -2.23. The Kier molecular flexibility index (Phi) is 5.32. The third-order valence-corrected chi connectivity index (χ3v) is 6.47. The van der Waals surface area contributed by atoms with Gasteiger partial charge in [0.2, 0.25) is 10.0 Å². The van der Waals surface area contributed by atoms with Crippen molar-refractivity contribution in [3.05, 3.63) is 65.0 Å². The van der Waals surface area contributed by atoms with E-state index in [2.05, 4.69) is 14.8 Å². The van der Waals surface area contributed by atoms with Crippen LogP contribution in [0.4, 0.5) is 0 Å². The Bertz CT molecular complexity index is 1390. The number of furan rings is 1. The van der Waals surface area contributed by atoms with Crippen LogP contribution < -0.4 is 9.46 Å². The first-order valence-corrected chi connectivity index (χ1v) is 11.2. The van der Waals surface area contributed by atoms with E-state index in [4.69, 9.17) is 9.15 Å². The molecule has 4 rings (SSSR count). The van der Waals surface area contributed by atoms with Gasteiger partial charge in [0.25, 0.3) is 0 Å². The average Bonchev–Trinajstić information content (AvgIpc) is 3.28. The van der Waals surface area contributed by atoms with Gasteiger partial charge in [-0.15, -0.1) is 0 Å². The smallest absolute Gasteiger partial charge is 0.244 e. The first-order chi connectivity index (χ1) is 14.7. The number of hydrogen-bond acceptors (Lipinski definition) is 6. The summed E-state index contributed by atoms with van der Waals surface area (Å²) >= 11 is 0. The molecule has 8 nitrogen and oxygen atoms in total. The number of nitrogens with zero attached hydrogens (tertiary/aromatic N) is 3. The molecule has 0 saturated heterocycles. The molecule has 0 bridgehead atoms. The Morgan fingerprint density at radius 1 is 1.10 bits per heavy atom. The van der Waals surface area contributed by atoms with Crippen LogP contribution in [0.1, 0.15) is 28.6 Å². The number of fused-ring (bicyclic) bond motifs is 1. The second-order valence-electron chi connectivity index (χ2n) is 7.44. The standard InChI is InChI=1S/C22H24N4O4S/c1-13-10-14(2)26-22(24-13)21(16(4)25-26)17-7-9-19(29-5)20(11-17)31(27,28)23-12-18-8-6-15(3)30-18/h6-11,23H,12H2,1-5H3. The highest BCUT2D eigenvalue weighted by molar-refractivity contribution is 7.89. The zero-order valence-electron chi connectivity index (χ0n) is 18.1. The predicted octanol–water partition coefficient (Wildman–Crippen LogP) is 3.71. The Morgan fingerprint density at radius 3 is 2.55 bits per heavy atom. The Balaban J connectivity index is 1.80. The van der Waals surface area contributed by atoms with Crippen LogP contribution in [0.3, 0.4) is 0 Å². The molecule has 162 valence electrons. The number of benzene rings is 1. The van der Waals surface area contributed by atoms with Crippen molar-refractivity contribution in [1.82, 2.24) is 19.3 Å². The summed E-state index contributed by atoms with van der Waals surface area (Å²) in [4.78, 5) is 4.68. The topological polar surface area (TPSA) is 98.7 Å². The number of ether oxygens (including phenoxy) is 1. The summed E-state index contributed by atoms with van der Waals surface area (Å²) in [5.74, 6) is 1.50. The molecule has 1 N–H and O–H groups in total. The minimum Gasteiger partial charge on any atom is -0.495 e. The number of hydrogen-bond donors (Lipinski definition) is 1. The number of sulfonamides is 1. The third-order valence-electron chi connectivity index (χ3n) is 5.04. The number of aryl methyl sites for hydroxylation is 4. The predicted molar refractivity (Wildman–Crippen MR) is 117 cm³/mol. The first kappa shape index (κ1) is 21.1. The summed E-state index contributed by atoms with van der Waals surface area (Å²) in [7, 11) is -2.43. The molecule has 0 amide bonds. The Hall–Kier alpha value is -3.17. The average molecular weight is 441 g/mol. The molecule has 9 heteroatoms. The normalized spacial score (nSPS) is 11.9. The van der Waals surface area contributed by atoms with Crippen molar-refractivity contribution in [2.45, 2.75) is 39.1 Å². The zero-order chi connectivity index (χ0) is 22.3. The molecule has 0 fully saturated rings. The maximum Gasteiger partial charge on any atom is 0.244 e. The monoisotopic (exact) mass is 440 g/mol. The molecule has 0 aliphatic heterocycles. The summed E-state index contributed by atoms with van der Waals surface area (Å²) in [6.45, 7) is 7.61. The molecule has 3 heterocycles. The maximum atomic E-state index is 13.1. The van der Waals surface area contributed by atoms with E-state index in [0.29, 0.717) is 17.0 Å². The van der Waals surface area contributed by atoms with E-state index in [9.17, 15) is 8.42 Å². The van der Waals surface area contributed by atoms with E-state index in [-0.39, 0.29) is 17.2 Å². The van der Waals surface area contributed by atoms with Crippen molar-refractivity contribution in [2.24, 2.45) is 0 Å². The highest BCUT2D eigenvalue weighted by Gasteiger charge is 2.23. The molecular weight excluding hydrogens is 416 g/mol. The van der Waals surface area contributed by atoms with Gasteiger partial charge in [0.1, 0.15) is 22.2 Å². The molecule has 0 saturated carbocycles. The van der Waals surface area contributed by atoms with Gasteiger partial charge >= 0.3 is 0 Å². The van der Waals surface area contributed by atoms with Gasteiger partial charge in [-0.1, -0.05) is 6.07 Å². The van der Waals surface area contributed by atoms with Gasteiger partial charge in [0, 0.05) is 17.0 Å². The van der Waals surface area contributed by atoms with Crippen molar-refractivity contribution in [3.8, 4) is 16.9 Å². The van der Waals surface area contributed by atoms with Crippen LogP contribution in [-0.2, 0) is 16.6 Å². The minimum atomic E-state index is -3.87. The zero-order valence-corrected chi connectivity index (χ0v) is 18.9. The number of methoxy groups -OCH3 is 1. The van der Waals surface area contributed by atoms with E-state index in [1.54, 1.807) is 35.7 Å². The van der Waals surface area contributed by atoms with Crippen LogP contribution >= 0.6 is 0 Å². The molecule has 0 aliphatic carbocycles. The van der Waals surface area contributed by atoms with Crippen LogP contribution in [0, 0.1) is 27.7 Å². The minimum absolute atomic E-state index is 0.0407. The van der Waals surface area contributed by atoms with Gasteiger partial charge < -0.3 is 9.15 Å². The van der Waals surface area contributed by atoms with Gasteiger partial charge in [-0.25, -0.2) is 22.6 Å². The van der Waals surface area contributed by atoms with Crippen molar-refractivity contribution < 1.29 is 17.6 Å². The van der Waals surface area contributed by atoms with Gasteiger partial charge in [-0.2, -0.15) is 5.10 Å². The molecule has 1 aromatic carbocycles. The highest BCUT2D eigenvalue weighted by atomic mass is 32.2. The summed E-state index contributed by atoms with van der Waals surface area (Å²) in [6.07, 6.45) is 0. The van der Waals surface area contributed by atoms with Crippen LogP contribution in [0.5, 0.6) is 5.75 Å². The van der Waals surface area contributed by atoms with E-state index in [0.717, 1.165) is 28.4 Å². The summed E-state index contributed by atoms with van der Waals surface area (Å²) < 4.78 is 41.4. The van der Waals surface area contributed by atoms with Crippen molar-refractivity contribution in [2.75, 3.05) is 7.11 Å². The lowest BCUT2D eigenvalue weighted by atomic mass is 10.1. The molecule has 3 aromatic heterocycles. The summed E-state index contributed by atoms with van der Waals surface area (Å²) in [6, 6.07) is 10.5. The maximum absolute atomic E-state index is 13.1. The highest BCUT2D eigenvalue weighted by Crippen LogP contribution is 2.33. The molecule has 0 spiro atoms. The van der Waals surface area contributed by atoms with E-state index in [1.807, 2.05) is 32.9 Å². The van der Waals surface area contributed by atoms with Crippen LogP contribution in [0.2, 0.25) is 0 Å². The molecule has 0 unspecified atom stereocenters. The third kappa shape index (κ3) is 3.94. The van der Waals surface area contributed by atoms with Gasteiger partial charge in [0.15, 0.2) is 5.65 Å². The second-order valence-corrected chi connectivity index (χ2v) is 9.17. The van der Waals surface area contributed by atoms with Crippen molar-refractivity contribution in [1.29, 1.82) is 0 Å². The van der Waals surface area contributed by atoms with Gasteiger partial charge in [-0.05, 0) is 63.6 Å². The fourth-order valence-corrected chi connectivity index (χ4v) is 4.82. The number of rotatable bonds is 6. The molecule has 0 radical (unpaired) electrons. The lowest BCUT2D eigenvalue weighted by molar-refractivity contribution is 0.402. The SMILES string of the molecule is COc1ccc(-c2c(C)nn3c(C)cc(C)nc23)cc1S(=O)(=O)NCc1ccc(C)o1. The van der Waals surface area contributed by atoms with E-state index in [1.165, 1.54) is 7.11 Å². The quantitative estimate of drug-likeness (QED) is 0.491. The summed E-state index contributed by atoms with van der Waals surface area (Å²) in [5, 5.41) is 4.59. The van der Waals surface area contributed by atoms with E-state index >= 15 is 0 Å². The molecular formula is C22H24N4O4S. The van der Waals surface area contributed by atoms with Crippen LogP contribution in [0.15, 0.2) is 45.7 Å². The Labute approximate surface area is 180 Å². The van der Waals surface area contributed by atoms with Gasteiger partial charge in [-0.3, -0.25) is 0 Å². The lowest BCUT2D eigenvalue weighted by Gasteiger charge is -2.12. The van der Waals surface area contributed by atoms with Crippen LogP contribution in [-0.4, -0.2) is 30.1 Å². The largest absolute Gasteiger partial charge is 0.495 e.